The number of fused-ring (bicyclic) bond motifs is 1. The van der Waals surface area contributed by atoms with Crippen molar-refractivity contribution in [3.05, 3.63) is 48.8 Å². The molecule has 1 saturated heterocycles. The second kappa shape index (κ2) is 7.15. The summed E-state index contributed by atoms with van der Waals surface area (Å²) in [7, 11) is 0. The summed E-state index contributed by atoms with van der Waals surface area (Å²) in [6.45, 7) is 5.47. The first-order valence-electron chi connectivity index (χ1n) is 9.00. The van der Waals surface area contributed by atoms with E-state index in [4.69, 9.17) is 9.97 Å². The highest BCUT2D eigenvalue weighted by Gasteiger charge is 2.23. The van der Waals surface area contributed by atoms with Gasteiger partial charge in [0, 0.05) is 35.9 Å². The maximum atomic E-state index is 4.81. The van der Waals surface area contributed by atoms with E-state index in [1.165, 1.54) is 19.4 Å². The number of hydrogen-bond donors (Lipinski definition) is 1. The summed E-state index contributed by atoms with van der Waals surface area (Å²) >= 11 is 0. The number of aromatic nitrogens is 3. The van der Waals surface area contributed by atoms with Crippen LogP contribution in [0.15, 0.2) is 48.8 Å². The van der Waals surface area contributed by atoms with Gasteiger partial charge in [-0.1, -0.05) is 19.1 Å². The van der Waals surface area contributed by atoms with Crippen LogP contribution in [0, 0.1) is 0 Å². The Morgan fingerprint density at radius 3 is 2.80 bits per heavy atom. The Bertz CT molecular complexity index is 849. The minimum Gasteiger partial charge on any atom is -0.368 e. The molecule has 3 heterocycles. The molecule has 0 bridgehead atoms. The number of rotatable bonds is 5. The van der Waals surface area contributed by atoms with E-state index in [9.17, 15) is 0 Å². The molecule has 25 heavy (non-hydrogen) atoms. The van der Waals surface area contributed by atoms with Crippen LogP contribution in [0.3, 0.4) is 0 Å². The van der Waals surface area contributed by atoms with Gasteiger partial charge in [-0.05, 0) is 50.2 Å². The van der Waals surface area contributed by atoms with E-state index in [0.29, 0.717) is 6.04 Å². The number of likely N-dealkylation sites (N-methyl/N-ethyl adjacent to an activating group) is 1. The van der Waals surface area contributed by atoms with Gasteiger partial charge >= 0.3 is 0 Å². The first-order valence-corrected chi connectivity index (χ1v) is 9.00. The second-order valence-corrected chi connectivity index (χ2v) is 6.45. The SMILES string of the molecule is CCN1CCCC1CNc1nc(-c2ccncc2)nc2ccccc12. The van der Waals surface area contributed by atoms with Gasteiger partial charge in [0.1, 0.15) is 5.82 Å². The number of nitrogens with zero attached hydrogens (tertiary/aromatic N) is 4. The fourth-order valence-electron chi connectivity index (χ4n) is 3.60. The smallest absolute Gasteiger partial charge is 0.162 e. The summed E-state index contributed by atoms with van der Waals surface area (Å²) in [6.07, 6.45) is 6.09. The molecule has 1 fully saturated rings. The first kappa shape index (κ1) is 16.0. The Labute approximate surface area is 148 Å². The Morgan fingerprint density at radius 2 is 1.96 bits per heavy atom. The van der Waals surface area contributed by atoms with Crippen LogP contribution in [-0.2, 0) is 0 Å². The van der Waals surface area contributed by atoms with Crippen molar-refractivity contribution in [3.8, 4) is 11.4 Å². The molecule has 1 atom stereocenters. The van der Waals surface area contributed by atoms with Gasteiger partial charge in [-0.2, -0.15) is 0 Å². The third-order valence-electron chi connectivity index (χ3n) is 4.95. The van der Waals surface area contributed by atoms with Crippen LogP contribution in [0.1, 0.15) is 19.8 Å². The van der Waals surface area contributed by atoms with Gasteiger partial charge < -0.3 is 5.32 Å². The number of nitrogens with one attached hydrogen (secondary N) is 1. The van der Waals surface area contributed by atoms with Crippen molar-refractivity contribution in [3.63, 3.8) is 0 Å². The number of likely N-dealkylation sites (tertiary alicyclic amines) is 1. The molecule has 0 radical (unpaired) electrons. The fraction of sp³-hybridized carbons (Fsp3) is 0.350. The number of benzene rings is 1. The van der Waals surface area contributed by atoms with E-state index in [0.717, 1.165) is 41.2 Å². The third kappa shape index (κ3) is 3.33. The number of anilines is 1. The molecule has 1 aliphatic heterocycles. The lowest BCUT2D eigenvalue weighted by Crippen LogP contribution is -2.34. The molecule has 0 saturated carbocycles. The monoisotopic (exact) mass is 333 g/mol. The van der Waals surface area contributed by atoms with Crippen molar-refractivity contribution in [1.29, 1.82) is 0 Å². The largest absolute Gasteiger partial charge is 0.368 e. The van der Waals surface area contributed by atoms with E-state index in [-0.39, 0.29) is 0 Å². The van der Waals surface area contributed by atoms with Crippen molar-refractivity contribution in [1.82, 2.24) is 19.9 Å². The standard InChI is InChI=1S/C20H23N5/c1-2-25-13-5-6-16(25)14-22-20-17-7-3-4-8-18(17)23-19(24-20)15-9-11-21-12-10-15/h3-4,7-12,16H,2,5-6,13-14H2,1H3,(H,22,23,24). The first-order chi connectivity index (χ1) is 12.3. The van der Waals surface area contributed by atoms with Crippen molar-refractivity contribution in [2.45, 2.75) is 25.8 Å². The Hall–Kier alpha value is -2.53. The lowest BCUT2D eigenvalue weighted by molar-refractivity contribution is 0.277. The van der Waals surface area contributed by atoms with Gasteiger partial charge in [-0.15, -0.1) is 0 Å². The van der Waals surface area contributed by atoms with Gasteiger partial charge in [0.25, 0.3) is 0 Å². The molecule has 1 aromatic carbocycles. The van der Waals surface area contributed by atoms with E-state index in [1.54, 1.807) is 12.4 Å². The molecule has 4 rings (SSSR count). The average molecular weight is 333 g/mol. The molecular formula is C20H23N5. The molecule has 2 aromatic heterocycles. The normalized spacial score (nSPS) is 17.9. The quantitative estimate of drug-likeness (QED) is 0.773. The number of para-hydroxylation sites is 1. The third-order valence-corrected chi connectivity index (χ3v) is 4.95. The summed E-state index contributed by atoms with van der Waals surface area (Å²) < 4.78 is 0. The summed E-state index contributed by atoms with van der Waals surface area (Å²) in [5, 5.41) is 4.67. The van der Waals surface area contributed by atoms with Crippen LogP contribution in [0.4, 0.5) is 5.82 Å². The molecule has 1 N–H and O–H groups in total. The molecule has 5 heteroatoms. The highest BCUT2D eigenvalue weighted by atomic mass is 15.2. The lowest BCUT2D eigenvalue weighted by atomic mass is 10.2. The van der Waals surface area contributed by atoms with Crippen molar-refractivity contribution in [2.24, 2.45) is 0 Å². The molecule has 0 amide bonds. The van der Waals surface area contributed by atoms with Gasteiger partial charge in [0.15, 0.2) is 5.82 Å². The zero-order valence-corrected chi connectivity index (χ0v) is 14.5. The molecule has 3 aromatic rings. The zero-order chi connectivity index (χ0) is 17.1. The van der Waals surface area contributed by atoms with Gasteiger partial charge in [0.05, 0.1) is 5.52 Å². The molecule has 0 aliphatic carbocycles. The summed E-state index contributed by atoms with van der Waals surface area (Å²) in [5.41, 5.74) is 1.95. The van der Waals surface area contributed by atoms with Crippen LogP contribution in [-0.4, -0.2) is 45.5 Å². The van der Waals surface area contributed by atoms with E-state index >= 15 is 0 Å². The molecule has 5 nitrogen and oxygen atoms in total. The van der Waals surface area contributed by atoms with Crippen molar-refractivity contribution < 1.29 is 0 Å². The Kier molecular flexibility index (Phi) is 4.57. The summed E-state index contributed by atoms with van der Waals surface area (Å²) in [6, 6.07) is 12.7. The van der Waals surface area contributed by atoms with Crippen molar-refractivity contribution in [2.75, 3.05) is 25.0 Å². The van der Waals surface area contributed by atoms with Gasteiger partial charge in [-0.3, -0.25) is 9.88 Å². The number of hydrogen-bond acceptors (Lipinski definition) is 5. The predicted octanol–water partition coefficient (Wildman–Crippen LogP) is 3.59. The maximum absolute atomic E-state index is 4.81. The predicted molar refractivity (Wildman–Crippen MR) is 102 cm³/mol. The van der Waals surface area contributed by atoms with Crippen LogP contribution in [0.25, 0.3) is 22.3 Å². The van der Waals surface area contributed by atoms with Gasteiger partial charge in [-0.25, -0.2) is 9.97 Å². The Morgan fingerprint density at radius 1 is 1.12 bits per heavy atom. The Balaban J connectivity index is 1.67. The highest BCUT2D eigenvalue weighted by molar-refractivity contribution is 5.90. The van der Waals surface area contributed by atoms with E-state index < -0.39 is 0 Å². The average Bonchev–Trinajstić information content (AvgIpc) is 3.14. The lowest BCUT2D eigenvalue weighted by Gasteiger charge is -2.23. The number of pyridine rings is 1. The maximum Gasteiger partial charge on any atom is 0.162 e. The minimum atomic E-state index is 0.586. The van der Waals surface area contributed by atoms with Crippen LogP contribution >= 0.6 is 0 Å². The minimum absolute atomic E-state index is 0.586. The summed E-state index contributed by atoms with van der Waals surface area (Å²) in [5.74, 6) is 1.66. The van der Waals surface area contributed by atoms with Crippen LogP contribution in [0.2, 0.25) is 0 Å². The van der Waals surface area contributed by atoms with Gasteiger partial charge in [0.2, 0.25) is 0 Å². The second-order valence-electron chi connectivity index (χ2n) is 6.45. The van der Waals surface area contributed by atoms with E-state index in [2.05, 4.69) is 28.2 Å². The molecule has 1 aliphatic rings. The van der Waals surface area contributed by atoms with Crippen molar-refractivity contribution >= 4 is 16.7 Å². The molecule has 1 unspecified atom stereocenters. The van der Waals surface area contributed by atoms with E-state index in [1.807, 2.05) is 30.3 Å². The molecule has 128 valence electrons. The highest BCUT2D eigenvalue weighted by Crippen LogP contribution is 2.25. The van der Waals surface area contributed by atoms with Crippen LogP contribution in [0.5, 0.6) is 0 Å². The molecule has 0 spiro atoms. The molecular weight excluding hydrogens is 310 g/mol. The topological polar surface area (TPSA) is 53.9 Å². The fourth-order valence-corrected chi connectivity index (χ4v) is 3.60. The summed E-state index contributed by atoms with van der Waals surface area (Å²) in [4.78, 5) is 16.2. The van der Waals surface area contributed by atoms with Crippen LogP contribution < -0.4 is 5.32 Å². The zero-order valence-electron chi connectivity index (χ0n) is 14.5.